The lowest BCUT2D eigenvalue weighted by molar-refractivity contribution is -0.139. The number of Topliss-reactive ketones (excluding diaryl/α,β-unsaturated/α-hetero) is 1. The molecule has 15 heavy (non-hydrogen) atoms. The zero-order valence-electron chi connectivity index (χ0n) is 8.20. The van der Waals surface area contributed by atoms with Crippen LogP contribution in [-0.2, 0) is 16.0 Å². The highest BCUT2D eigenvalue weighted by atomic mass is 79.9. The summed E-state index contributed by atoms with van der Waals surface area (Å²) in [6.45, 7) is 0. The van der Waals surface area contributed by atoms with Gasteiger partial charge < -0.3 is 4.74 Å². The zero-order chi connectivity index (χ0) is 11.3. The number of ether oxygens (including phenoxy) is 1. The van der Waals surface area contributed by atoms with Crippen LogP contribution in [0.3, 0.4) is 0 Å². The topological polar surface area (TPSA) is 56.3 Å². The van der Waals surface area contributed by atoms with Crippen molar-refractivity contribution < 1.29 is 14.3 Å². The number of pyridine rings is 1. The lowest BCUT2D eigenvalue weighted by Crippen LogP contribution is -2.07. The Bertz CT molecular complexity index is 361. The first-order chi connectivity index (χ1) is 7.17. The molecule has 0 bridgehead atoms. The molecule has 1 aromatic heterocycles. The fourth-order valence-corrected chi connectivity index (χ4v) is 1.29. The fourth-order valence-electron chi connectivity index (χ4n) is 1.00. The summed E-state index contributed by atoms with van der Waals surface area (Å²) >= 11 is 3.06. The summed E-state index contributed by atoms with van der Waals surface area (Å²) in [7, 11) is 1.33. The Morgan fingerprint density at radius 2 is 2.20 bits per heavy atom. The van der Waals surface area contributed by atoms with E-state index in [1.54, 1.807) is 12.1 Å². The van der Waals surface area contributed by atoms with Gasteiger partial charge in [-0.25, -0.2) is 0 Å². The van der Waals surface area contributed by atoms with Gasteiger partial charge in [-0.2, -0.15) is 0 Å². The van der Waals surface area contributed by atoms with Gasteiger partial charge in [-0.3, -0.25) is 14.6 Å². The second-order valence-electron chi connectivity index (χ2n) is 2.86. The van der Waals surface area contributed by atoms with Gasteiger partial charge in [0.25, 0.3) is 0 Å². The number of nitrogens with zero attached hydrogens (tertiary/aromatic N) is 1. The lowest BCUT2D eigenvalue weighted by atomic mass is 10.2. The highest BCUT2D eigenvalue weighted by molar-refractivity contribution is 9.09. The third-order valence-electron chi connectivity index (χ3n) is 1.81. The van der Waals surface area contributed by atoms with Crippen LogP contribution < -0.4 is 0 Å². The molecule has 5 heteroatoms. The van der Waals surface area contributed by atoms with Gasteiger partial charge in [0.05, 0.1) is 18.9 Å². The summed E-state index contributed by atoms with van der Waals surface area (Å²) in [4.78, 5) is 26.1. The van der Waals surface area contributed by atoms with E-state index in [1.165, 1.54) is 13.3 Å². The number of ketones is 1. The highest BCUT2D eigenvalue weighted by Crippen LogP contribution is 2.04. The number of rotatable bonds is 4. The molecule has 0 fully saturated rings. The Hall–Kier alpha value is -1.23. The number of alkyl halides is 1. The van der Waals surface area contributed by atoms with Crippen molar-refractivity contribution in [1.29, 1.82) is 0 Å². The van der Waals surface area contributed by atoms with Crippen LogP contribution in [0.4, 0.5) is 0 Å². The van der Waals surface area contributed by atoms with Crippen LogP contribution in [0.5, 0.6) is 0 Å². The normalized spacial score (nSPS) is 9.73. The Labute approximate surface area is 95.8 Å². The lowest BCUT2D eigenvalue weighted by Gasteiger charge is -2.00. The third-order valence-corrected chi connectivity index (χ3v) is 2.32. The molecule has 80 valence electrons. The van der Waals surface area contributed by atoms with Gasteiger partial charge in [0, 0.05) is 6.20 Å². The predicted molar refractivity (Wildman–Crippen MR) is 58.1 cm³/mol. The molecule has 0 unspecified atom stereocenters. The molecular weight excluding hydrogens is 262 g/mol. The Morgan fingerprint density at radius 1 is 1.47 bits per heavy atom. The van der Waals surface area contributed by atoms with E-state index in [2.05, 4.69) is 25.7 Å². The van der Waals surface area contributed by atoms with E-state index in [4.69, 9.17) is 0 Å². The maximum Gasteiger partial charge on any atom is 0.310 e. The molecule has 0 saturated heterocycles. The van der Waals surface area contributed by atoms with Crippen molar-refractivity contribution >= 4 is 27.7 Å². The van der Waals surface area contributed by atoms with Crippen molar-refractivity contribution in [1.82, 2.24) is 4.98 Å². The van der Waals surface area contributed by atoms with E-state index < -0.39 is 0 Å². The number of carbonyl (C=O) groups excluding carboxylic acids is 2. The molecule has 1 rings (SSSR count). The van der Waals surface area contributed by atoms with Gasteiger partial charge in [-0.05, 0) is 11.6 Å². The van der Waals surface area contributed by atoms with E-state index in [-0.39, 0.29) is 23.5 Å². The minimum Gasteiger partial charge on any atom is -0.469 e. The van der Waals surface area contributed by atoms with Gasteiger partial charge in [0.1, 0.15) is 5.69 Å². The predicted octanol–water partition coefficient (Wildman–Crippen LogP) is 1.37. The maximum absolute atomic E-state index is 11.2. The summed E-state index contributed by atoms with van der Waals surface area (Å²) in [6.07, 6.45) is 1.68. The monoisotopic (exact) mass is 271 g/mol. The molecule has 0 N–H and O–H groups in total. The van der Waals surface area contributed by atoms with Crippen LogP contribution in [0.25, 0.3) is 0 Å². The largest absolute Gasteiger partial charge is 0.469 e. The van der Waals surface area contributed by atoms with Gasteiger partial charge >= 0.3 is 5.97 Å². The van der Waals surface area contributed by atoms with Crippen molar-refractivity contribution in [3.8, 4) is 0 Å². The molecule has 0 aliphatic rings. The second kappa shape index (κ2) is 5.60. The first kappa shape index (κ1) is 11.8. The van der Waals surface area contributed by atoms with Crippen LogP contribution in [0, 0.1) is 0 Å². The average Bonchev–Trinajstić information content (AvgIpc) is 2.29. The summed E-state index contributed by atoms with van der Waals surface area (Å²) in [5, 5.41) is 0.246. The first-order valence-electron chi connectivity index (χ1n) is 4.28. The molecule has 0 amide bonds. The molecule has 0 aromatic carbocycles. The van der Waals surface area contributed by atoms with Crippen LogP contribution in [0.2, 0.25) is 0 Å². The molecular formula is C10H10BrNO3. The summed E-state index contributed by atoms with van der Waals surface area (Å²) in [5.74, 6) is -0.406. The van der Waals surface area contributed by atoms with Crippen LogP contribution in [0.15, 0.2) is 18.3 Å². The number of hydrogen-bond donors (Lipinski definition) is 0. The second-order valence-corrected chi connectivity index (χ2v) is 3.42. The quantitative estimate of drug-likeness (QED) is 0.472. The Kier molecular flexibility index (Phi) is 4.42. The fraction of sp³-hybridized carbons (Fsp3) is 0.300. The number of esters is 1. The smallest absolute Gasteiger partial charge is 0.310 e. The molecule has 0 saturated carbocycles. The van der Waals surface area contributed by atoms with Crippen LogP contribution >= 0.6 is 15.9 Å². The van der Waals surface area contributed by atoms with E-state index in [0.717, 1.165) is 5.56 Å². The van der Waals surface area contributed by atoms with Gasteiger partial charge in [-0.1, -0.05) is 22.0 Å². The molecule has 0 aliphatic carbocycles. The first-order valence-corrected chi connectivity index (χ1v) is 5.40. The highest BCUT2D eigenvalue weighted by Gasteiger charge is 2.07. The van der Waals surface area contributed by atoms with E-state index in [9.17, 15) is 9.59 Å². The van der Waals surface area contributed by atoms with Gasteiger partial charge in [0.15, 0.2) is 5.78 Å². The Morgan fingerprint density at radius 3 is 2.67 bits per heavy atom. The van der Waals surface area contributed by atoms with Gasteiger partial charge in [-0.15, -0.1) is 0 Å². The SMILES string of the molecule is COC(=O)Cc1ccc(C(=O)CBr)nc1. The zero-order valence-corrected chi connectivity index (χ0v) is 9.78. The van der Waals surface area contributed by atoms with Crippen molar-refractivity contribution in [2.75, 3.05) is 12.4 Å². The minimum atomic E-state index is -0.323. The number of aromatic nitrogens is 1. The van der Waals surface area contributed by atoms with E-state index in [0.29, 0.717) is 5.69 Å². The van der Waals surface area contributed by atoms with Crippen molar-refractivity contribution in [2.24, 2.45) is 0 Å². The molecule has 1 aromatic rings. The summed E-state index contributed by atoms with van der Waals surface area (Å²) < 4.78 is 4.51. The molecule has 0 aliphatic heterocycles. The number of methoxy groups -OCH3 is 1. The summed E-state index contributed by atoms with van der Waals surface area (Å²) in [6, 6.07) is 3.29. The van der Waals surface area contributed by atoms with Crippen molar-refractivity contribution in [3.63, 3.8) is 0 Å². The molecule has 0 spiro atoms. The van der Waals surface area contributed by atoms with Crippen LogP contribution in [0.1, 0.15) is 16.1 Å². The van der Waals surface area contributed by atoms with E-state index in [1.807, 2.05) is 0 Å². The van der Waals surface area contributed by atoms with Crippen LogP contribution in [-0.4, -0.2) is 29.2 Å². The molecule has 0 radical (unpaired) electrons. The number of halogens is 1. The molecule has 0 atom stereocenters. The minimum absolute atomic E-state index is 0.0837. The molecule has 1 heterocycles. The van der Waals surface area contributed by atoms with Crippen molar-refractivity contribution in [3.05, 3.63) is 29.6 Å². The van der Waals surface area contributed by atoms with E-state index >= 15 is 0 Å². The maximum atomic E-state index is 11.2. The van der Waals surface area contributed by atoms with Gasteiger partial charge in [0.2, 0.25) is 0 Å². The molecule has 4 nitrogen and oxygen atoms in total. The standard InChI is InChI=1S/C10H10BrNO3/c1-15-10(14)4-7-2-3-8(12-6-7)9(13)5-11/h2-3,6H,4-5H2,1H3. The number of hydrogen-bond acceptors (Lipinski definition) is 4. The Balaban J connectivity index is 2.72. The summed E-state index contributed by atoms with van der Waals surface area (Å²) in [5.41, 5.74) is 1.12. The number of carbonyl (C=O) groups is 2. The average molecular weight is 272 g/mol. The van der Waals surface area contributed by atoms with Crippen molar-refractivity contribution in [2.45, 2.75) is 6.42 Å². The third kappa shape index (κ3) is 3.43.